The highest BCUT2D eigenvalue weighted by atomic mass is 79.9. The number of anilines is 2. The van der Waals surface area contributed by atoms with Crippen molar-refractivity contribution in [1.29, 1.82) is 0 Å². The van der Waals surface area contributed by atoms with Gasteiger partial charge in [0.15, 0.2) is 0 Å². The summed E-state index contributed by atoms with van der Waals surface area (Å²) in [5.41, 5.74) is 1.18. The van der Waals surface area contributed by atoms with Gasteiger partial charge in [-0.15, -0.1) is 0 Å². The molecule has 0 spiro atoms. The number of rotatable bonds is 5. The van der Waals surface area contributed by atoms with Crippen LogP contribution >= 0.6 is 15.9 Å². The number of nitrogens with zero attached hydrogens (tertiary/aromatic N) is 2. The first kappa shape index (κ1) is 20.7. The number of nitrogens with one attached hydrogen (secondary N) is 1. The summed E-state index contributed by atoms with van der Waals surface area (Å²) in [5.74, 6) is -1.12. The first-order valence-corrected chi connectivity index (χ1v) is 11.4. The number of fused-ring (bicyclic) bond motifs is 1. The van der Waals surface area contributed by atoms with E-state index in [0.29, 0.717) is 24.1 Å². The molecule has 4 rings (SSSR count). The second-order valence-electron chi connectivity index (χ2n) is 6.65. The van der Waals surface area contributed by atoms with Crippen LogP contribution < -0.4 is 5.32 Å². The Morgan fingerprint density at radius 2 is 1.90 bits per heavy atom. The van der Waals surface area contributed by atoms with Gasteiger partial charge in [0.25, 0.3) is 0 Å². The summed E-state index contributed by atoms with van der Waals surface area (Å²) < 4.78 is 34.2. The van der Waals surface area contributed by atoms with E-state index in [0.717, 1.165) is 4.47 Å². The first-order valence-electron chi connectivity index (χ1n) is 9.13. The lowest BCUT2D eigenvalue weighted by atomic mass is 10.1. The van der Waals surface area contributed by atoms with E-state index in [4.69, 9.17) is 4.74 Å². The minimum atomic E-state index is -3.88. The Labute approximate surface area is 181 Å². The summed E-state index contributed by atoms with van der Waals surface area (Å²) in [7, 11) is -3.88. The number of carboxylic acids is 1. The molecule has 1 saturated heterocycles. The topological polar surface area (TPSA) is 109 Å². The molecular formula is C20H18BrN3O5S. The molecule has 0 unspecified atom stereocenters. The molecule has 0 saturated carbocycles. The second kappa shape index (κ2) is 8.31. The Kier molecular flexibility index (Phi) is 5.74. The number of aromatic nitrogens is 1. The number of morpholine rings is 1. The zero-order valence-corrected chi connectivity index (χ0v) is 18.1. The van der Waals surface area contributed by atoms with Gasteiger partial charge in [-0.25, -0.2) is 13.2 Å². The summed E-state index contributed by atoms with van der Waals surface area (Å²) in [5, 5.41) is 13.1. The molecule has 0 aliphatic carbocycles. The summed E-state index contributed by atoms with van der Waals surface area (Å²) >= 11 is 3.42. The molecule has 1 aromatic heterocycles. The molecule has 1 aliphatic rings. The molecule has 3 aromatic rings. The van der Waals surface area contributed by atoms with Crippen molar-refractivity contribution >= 4 is 54.2 Å². The van der Waals surface area contributed by atoms with Crippen molar-refractivity contribution in [3.05, 3.63) is 58.7 Å². The molecule has 0 atom stereocenters. The van der Waals surface area contributed by atoms with E-state index >= 15 is 0 Å². The fraction of sp³-hybridized carbons (Fsp3) is 0.200. The number of carbonyl (C=O) groups is 1. The van der Waals surface area contributed by atoms with Gasteiger partial charge in [0.2, 0.25) is 10.0 Å². The van der Waals surface area contributed by atoms with E-state index < -0.39 is 16.0 Å². The molecule has 2 N–H and O–H groups in total. The van der Waals surface area contributed by atoms with E-state index in [1.807, 2.05) is 0 Å². The maximum atomic E-state index is 13.4. The molecule has 0 bridgehead atoms. The van der Waals surface area contributed by atoms with Crippen LogP contribution in [0.1, 0.15) is 10.4 Å². The molecule has 8 nitrogen and oxygen atoms in total. The standard InChI is InChI=1S/C20H18BrN3O5S/c21-13-5-6-16-15(11-13)19(23-17-4-2-1-3-14(17)20(25)26)18(12-22-16)30(27,28)24-7-9-29-10-8-24/h1-6,11-12H,7-10H2,(H,22,23)(H,25,26). The molecule has 1 fully saturated rings. The third kappa shape index (κ3) is 3.91. The minimum absolute atomic E-state index is 0.0183. The van der Waals surface area contributed by atoms with Crippen molar-refractivity contribution in [2.75, 3.05) is 31.6 Å². The number of halogens is 1. The van der Waals surface area contributed by atoms with Crippen LogP contribution in [0.5, 0.6) is 0 Å². The Morgan fingerprint density at radius 1 is 1.17 bits per heavy atom. The number of pyridine rings is 1. The Bertz CT molecular complexity index is 1230. The van der Waals surface area contributed by atoms with E-state index in [1.54, 1.807) is 36.4 Å². The number of carboxylic acid groups (broad SMARTS) is 1. The Hall–Kier alpha value is -2.53. The molecule has 10 heteroatoms. The average molecular weight is 492 g/mol. The summed E-state index contributed by atoms with van der Waals surface area (Å²) in [6.07, 6.45) is 1.31. The number of benzene rings is 2. The largest absolute Gasteiger partial charge is 0.478 e. The lowest BCUT2D eigenvalue weighted by Crippen LogP contribution is -2.40. The normalized spacial score (nSPS) is 15.2. The van der Waals surface area contributed by atoms with E-state index in [9.17, 15) is 18.3 Å². The van der Waals surface area contributed by atoms with Crippen molar-refractivity contribution in [3.63, 3.8) is 0 Å². The fourth-order valence-corrected chi connectivity index (χ4v) is 5.18. The zero-order valence-electron chi connectivity index (χ0n) is 15.7. The van der Waals surface area contributed by atoms with Gasteiger partial charge in [0, 0.05) is 29.1 Å². The predicted molar refractivity (Wildman–Crippen MR) is 116 cm³/mol. The van der Waals surface area contributed by atoms with Crippen molar-refractivity contribution in [1.82, 2.24) is 9.29 Å². The van der Waals surface area contributed by atoms with Gasteiger partial charge in [0.05, 0.1) is 35.7 Å². The van der Waals surface area contributed by atoms with Gasteiger partial charge in [-0.1, -0.05) is 28.1 Å². The van der Waals surface area contributed by atoms with Gasteiger partial charge in [0.1, 0.15) is 4.90 Å². The number of ether oxygens (including phenoxy) is 1. The van der Waals surface area contributed by atoms with E-state index in [-0.39, 0.29) is 34.9 Å². The third-order valence-electron chi connectivity index (χ3n) is 4.80. The molecule has 2 aromatic carbocycles. The molecular weight excluding hydrogens is 474 g/mol. The Morgan fingerprint density at radius 3 is 2.63 bits per heavy atom. The van der Waals surface area contributed by atoms with Crippen LogP contribution in [0, 0.1) is 0 Å². The van der Waals surface area contributed by atoms with Crippen LogP contribution in [0.15, 0.2) is 58.0 Å². The van der Waals surface area contributed by atoms with E-state index in [2.05, 4.69) is 26.2 Å². The number of aromatic carboxylic acids is 1. The second-order valence-corrected chi connectivity index (χ2v) is 9.47. The molecule has 30 heavy (non-hydrogen) atoms. The molecule has 1 aliphatic heterocycles. The maximum absolute atomic E-state index is 13.4. The first-order chi connectivity index (χ1) is 14.4. The summed E-state index contributed by atoms with van der Waals surface area (Å²) in [6.45, 7) is 1.11. The van der Waals surface area contributed by atoms with Crippen LogP contribution in [0.25, 0.3) is 10.9 Å². The monoisotopic (exact) mass is 491 g/mol. The lowest BCUT2D eigenvalue weighted by Gasteiger charge is -2.27. The molecule has 2 heterocycles. The summed E-state index contributed by atoms with van der Waals surface area (Å²) in [4.78, 5) is 16.0. The zero-order chi connectivity index (χ0) is 21.3. The van der Waals surface area contributed by atoms with Crippen LogP contribution in [0.3, 0.4) is 0 Å². The van der Waals surface area contributed by atoms with Gasteiger partial charge >= 0.3 is 5.97 Å². The third-order valence-corrected chi connectivity index (χ3v) is 7.20. The van der Waals surface area contributed by atoms with Crippen molar-refractivity contribution in [3.8, 4) is 0 Å². The molecule has 0 amide bonds. The van der Waals surface area contributed by atoms with Crippen LogP contribution in [-0.4, -0.2) is 55.1 Å². The lowest BCUT2D eigenvalue weighted by molar-refractivity contribution is 0.0698. The number of hydrogen-bond donors (Lipinski definition) is 2. The SMILES string of the molecule is O=C(O)c1ccccc1Nc1c(S(=O)(=O)N2CCOCC2)cnc2ccc(Br)cc12. The highest BCUT2D eigenvalue weighted by Gasteiger charge is 2.30. The number of para-hydroxylation sites is 1. The average Bonchev–Trinajstić information content (AvgIpc) is 2.75. The maximum Gasteiger partial charge on any atom is 0.337 e. The van der Waals surface area contributed by atoms with E-state index in [1.165, 1.54) is 16.6 Å². The minimum Gasteiger partial charge on any atom is -0.478 e. The smallest absolute Gasteiger partial charge is 0.337 e. The van der Waals surface area contributed by atoms with Gasteiger partial charge < -0.3 is 15.2 Å². The van der Waals surface area contributed by atoms with Crippen molar-refractivity contribution in [2.24, 2.45) is 0 Å². The number of sulfonamides is 1. The highest BCUT2D eigenvalue weighted by molar-refractivity contribution is 9.10. The molecule has 156 valence electrons. The fourth-order valence-electron chi connectivity index (χ4n) is 3.31. The predicted octanol–water partition coefficient (Wildman–Crippen LogP) is 3.46. The van der Waals surface area contributed by atoms with Crippen LogP contribution in [0.2, 0.25) is 0 Å². The van der Waals surface area contributed by atoms with Gasteiger partial charge in [-0.3, -0.25) is 4.98 Å². The van der Waals surface area contributed by atoms with Crippen molar-refractivity contribution in [2.45, 2.75) is 4.90 Å². The Balaban J connectivity index is 1.93. The quantitative estimate of drug-likeness (QED) is 0.562. The van der Waals surface area contributed by atoms with Crippen molar-refractivity contribution < 1.29 is 23.1 Å². The molecule has 0 radical (unpaired) electrons. The van der Waals surface area contributed by atoms with Crippen LogP contribution in [-0.2, 0) is 14.8 Å². The van der Waals surface area contributed by atoms with Gasteiger partial charge in [-0.05, 0) is 30.3 Å². The number of hydrogen-bond acceptors (Lipinski definition) is 6. The van der Waals surface area contributed by atoms with Gasteiger partial charge in [-0.2, -0.15) is 4.31 Å². The summed E-state index contributed by atoms with van der Waals surface area (Å²) in [6, 6.07) is 11.7. The highest BCUT2D eigenvalue weighted by Crippen LogP contribution is 2.36. The van der Waals surface area contributed by atoms with Crippen LogP contribution in [0.4, 0.5) is 11.4 Å².